The van der Waals surface area contributed by atoms with Crippen LogP contribution in [0.2, 0.25) is 0 Å². The van der Waals surface area contributed by atoms with E-state index in [-0.39, 0.29) is 24.0 Å². The Bertz CT molecular complexity index is 928. The molecule has 0 N–H and O–H groups in total. The SMILES string of the molecule is COc1ccc(CN(Cc2ccc(OC)cc2)C(=Nc2ccc(OC)cc2)SC)cc1.I. The molecule has 3 rings (SSSR count). The lowest BCUT2D eigenvalue weighted by atomic mass is 10.1. The van der Waals surface area contributed by atoms with Crippen LogP contribution in [0.25, 0.3) is 0 Å². The number of hydrogen-bond donors (Lipinski definition) is 0. The molecule has 0 fully saturated rings. The van der Waals surface area contributed by atoms with Crippen molar-refractivity contribution in [2.45, 2.75) is 13.1 Å². The molecule has 32 heavy (non-hydrogen) atoms. The minimum Gasteiger partial charge on any atom is -0.497 e. The van der Waals surface area contributed by atoms with Gasteiger partial charge in [0.25, 0.3) is 0 Å². The van der Waals surface area contributed by atoms with Gasteiger partial charge in [-0.05, 0) is 65.9 Å². The molecule has 0 saturated heterocycles. The van der Waals surface area contributed by atoms with E-state index in [1.165, 1.54) is 11.1 Å². The molecule has 0 aliphatic rings. The Morgan fingerprint density at radius 2 is 1.06 bits per heavy atom. The van der Waals surface area contributed by atoms with Crippen LogP contribution in [-0.2, 0) is 13.1 Å². The summed E-state index contributed by atoms with van der Waals surface area (Å²) in [5.74, 6) is 2.52. The molecule has 7 heteroatoms. The zero-order valence-corrected chi connectivity index (χ0v) is 21.9. The van der Waals surface area contributed by atoms with Crippen molar-refractivity contribution in [3.8, 4) is 17.2 Å². The molecule has 170 valence electrons. The van der Waals surface area contributed by atoms with Crippen molar-refractivity contribution in [1.29, 1.82) is 0 Å². The fourth-order valence-corrected chi connectivity index (χ4v) is 3.69. The normalized spacial score (nSPS) is 10.8. The van der Waals surface area contributed by atoms with Gasteiger partial charge in [0.05, 0.1) is 27.0 Å². The lowest BCUT2D eigenvalue weighted by Crippen LogP contribution is -2.27. The lowest BCUT2D eigenvalue weighted by Gasteiger charge is -2.26. The second-order valence-electron chi connectivity index (χ2n) is 6.85. The highest BCUT2D eigenvalue weighted by molar-refractivity contribution is 14.0. The van der Waals surface area contributed by atoms with Gasteiger partial charge in [0.1, 0.15) is 17.2 Å². The number of methoxy groups -OCH3 is 3. The van der Waals surface area contributed by atoms with Crippen LogP contribution in [0.15, 0.2) is 77.8 Å². The number of amidine groups is 1. The second kappa shape index (κ2) is 13.2. The number of aliphatic imine (C=N–C) groups is 1. The molecule has 0 radical (unpaired) electrons. The van der Waals surface area contributed by atoms with Gasteiger partial charge in [-0.2, -0.15) is 0 Å². The largest absolute Gasteiger partial charge is 0.497 e. The summed E-state index contributed by atoms with van der Waals surface area (Å²) in [6.45, 7) is 1.46. The Balaban J connectivity index is 0.00000363. The van der Waals surface area contributed by atoms with Crippen molar-refractivity contribution >= 4 is 46.6 Å². The van der Waals surface area contributed by atoms with Crippen molar-refractivity contribution in [1.82, 2.24) is 4.90 Å². The van der Waals surface area contributed by atoms with E-state index in [4.69, 9.17) is 19.2 Å². The smallest absolute Gasteiger partial charge is 0.164 e. The average Bonchev–Trinajstić information content (AvgIpc) is 2.83. The first kappa shape index (κ1) is 25.9. The fraction of sp³-hybridized carbons (Fsp3) is 0.240. The van der Waals surface area contributed by atoms with Gasteiger partial charge in [-0.1, -0.05) is 36.0 Å². The van der Waals surface area contributed by atoms with E-state index < -0.39 is 0 Å². The zero-order chi connectivity index (χ0) is 22.1. The first-order chi connectivity index (χ1) is 15.1. The molecule has 0 aromatic heterocycles. The van der Waals surface area contributed by atoms with Crippen LogP contribution in [0.5, 0.6) is 17.2 Å². The van der Waals surface area contributed by atoms with E-state index in [9.17, 15) is 0 Å². The quantitative estimate of drug-likeness (QED) is 0.180. The first-order valence-corrected chi connectivity index (χ1v) is 11.1. The number of hydrogen-bond acceptors (Lipinski definition) is 5. The van der Waals surface area contributed by atoms with Gasteiger partial charge in [0, 0.05) is 13.1 Å². The molecule has 3 aromatic carbocycles. The number of benzene rings is 3. The van der Waals surface area contributed by atoms with E-state index in [0.29, 0.717) is 0 Å². The molecule has 3 aromatic rings. The Kier molecular flexibility index (Phi) is 10.7. The number of nitrogens with zero attached hydrogens (tertiary/aromatic N) is 2. The van der Waals surface area contributed by atoms with Crippen molar-refractivity contribution in [3.05, 3.63) is 83.9 Å². The van der Waals surface area contributed by atoms with Crippen LogP contribution in [0.4, 0.5) is 5.69 Å². The standard InChI is InChI=1S/C25H28N2O3S.HI/c1-28-22-11-5-19(6-12-22)17-27(18-20-7-13-23(29-2)14-8-20)25(31-4)26-21-9-15-24(30-3)16-10-21;/h5-16H,17-18H2,1-4H3;1H. The Hall–Kier alpha value is -2.39. The number of rotatable bonds is 8. The van der Waals surface area contributed by atoms with E-state index >= 15 is 0 Å². The monoisotopic (exact) mass is 564 g/mol. The summed E-state index contributed by atoms with van der Waals surface area (Å²) in [4.78, 5) is 7.19. The van der Waals surface area contributed by atoms with Crippen LogP contribution < -0.4 is 14.2 Å². The maximum atomic E-state index is 5.29. The predicted octanol–water partition coefficient (Wildman–Crippen LogP) is 6.38. The molecule has 0 atom stereocenters. The van der Waals surface area contributed by atoms with Crippen LogP contribution in [0.1, 0.15) is 11.1 Å². The third-order valence-corrected chi connectivity index (χ3v) is 5.53. The summed E-state index contributed by atoms with van der Waals surface area (Å²) >= 11 is 1.63. The molecule has 0 aliphatic heterocycles. The molecule has 0 spiro atoms. The maximum Gasteiger partial charge on any atom is 0.164 e. The Labute approximate surface area is 211 Å². The average molecular weight is 564 g/mol. The highest BCUT2D eigenvalue weighted by Crippen LogP contribution is 2.23. The molecule has 0 saturated carbocycles. The summed E-state index contributed by atoms with van der Waals surface area (Å²) in [6.07, 6.45) is 2.05. The summed E-state index contributed by atoms with van der Waals surface area (Å²) in [5, 5.41) is 0.941. The molecule has 0 amide bonds. The maximum absolute atomic E-state index is 5.29. The number of halogens is 1. The van der Waals surface area contributed by atoms with Gasteiger partial charge in [0.15, 0.2) is 5.17 Å². The van der Waals surface area contributed by atoms with Crippen molar-refractivity contribution in [3.63, 3.8) is 0 Å². The van der Waals surface area contributed by atoms with Gasteiger partial charge < -0.3 is 19.1 Å². The Morgan fingerprint density at radius 1 is 0.688 bits per heavy atom. The summed E-state index contributed by atoms with van der Waals surface area (Å²) in [7, 11) is 5.02. The van der Waals surface area contributed by atoms with Crippen molar-refractivity contribution in [2.75, 3.05) is 27.6 Å². The van der Waals surface area contributed by atoms with Gasteiger partial charge in [-0.25, -0.2) is 4.99 Å². The molecular weight excluding hydrogens is 535 g/mol. The van der Waals surface area contributed by atoms with Crippen LogP contribution in [-0.4, -0.2) is 37.7 Å². The topological polar surface area (TPSA) is 43.3 Å². The van der Waals surface area contributed by atoms with Gasteiger partial charge in [0.2, 0.25) is 0 Å². The van der Waals surface area contributed by atoms with Gasteiger partial charge in [-0.15, -0.1) is 24.0 Å². The molecule has 0 bridgehead atoms. The van der Waals surface area contributed by atoms with E-state index in [2.05, 4.69) is 35.4 Å². The highest BCUT2D eigenvalue weighted by Gasteiger charge is 2.13. The van der Waals surface area contributed by atoms with Crippen molar-refractivity contribution in [2.24, 2.45) is 4.99 Å². The molecular formula is C25H29IN2O3S. The second-order valence-corrected chi connectivity index (χ2v) is 7.62. The van der Waals surface area contributed by atoms with Crippen LogP contribution in [0, 0.1) is 0 Å². The van der Waals surface area contributed by atoms with E-state index in [0.717, 1.165) is 41.2 Å². The van der Waals surface area contributed by atoms with Gasteiger partial charge in [-0.3, -0.25) is 0 Å². The van der Waals surface area contributed by atoms with E-state index in [1.54, 1.807) is 33.1 Å². The minimum atomic E-state index is 0. The van der Waals surface area contributed by atoms with Crippen LogP contribution in [0.3, 0.4) is 0 Å². The number of thioether (sulfide) groups is 1. The summed E-state index contributed by atoms with van der Waals surface area (Å²) < 4.78 is 15.8. The predicted molar refractivity (Wildman–Crippen MR) is 144 cm³/mol. The minimum absolute atomic E-state index is 0. The molecule has 0 heterocycles. The molecule has 0 aliphatic carbocycles. The summed E-state index contributed by atoms with van der Waals surface area (Å²) in [6, 6.07) is 24.1. The van der Waals surface area contributed by atoms with Crippen LogP contribution >= 0.6 is 35.7 Å². The van der Waals surface area contributed by atoms with Gasteiger partial charge >= 0.3 is 0 Å². The fourth-order valence-electron chi connectivity index (χ4n) is 3.11. The Morgan fingerprint density at radius 3 is 1.41 bits per heavy atom. The third-order valence-electron chi connectivity index (χ3n) is 4.82. The lowest BCUT2D eigenvalue weighted by molar-refractivity contribution is 0.405. The molecule has 0 unspecified atom stereocenters. The first-order valence-electron chi connectivity index (χ1n) is 9.92. The third kappa shape index (κ3) is 7.34. The van der Waals surface area contributed by atoms with E-state index in [1.807, 2.05) is 48.5 Å². The zero-order valence-electron chi connectivity index (χ0n) is 18.8. The number of ether oxygens (including phenoxy) is 3. The summed E-state index contributed by atoms with van der Waals surface area (Å²) in [5.41, 5.74) is 3.26. The highest BCUT2D eigenvalue weighted by atomic mass is 127. The van der Waals surface area contributed by atoms with Crippen molar-refractivity contribution < 1.29 is 14.2 Å². The molecule has 5 nitrogen and oxygen atoms in total.